The van der Waals surface area contributed by atoms with Crippen molar-refractivity contribution in [3.05, 3.63) is 35.5 Å². The molecule has 0 spiro atoms. The zero-order valence-electron chi connectivity index (χ0n) is 14.0. The van der Waals surface area contributed by atoms with Gasteiger partial charge in [0.15, 0.2) is 0 Å². The molecule has 118 valence electrons. The second kappa shape index (κ2) is 9.59. The summed E-state index contributed by atoms with van der Waals surface area (Å²) >= 11 is 0. The van der Waals surface area contributed by atoms with Crippen LogP contribution >= 0.6 is 0 Å². The quantitative estimate of drug-likeness (QED) is 0.452. The molecule has 0 aromatic heterocycles. The van der Waals surface area contributed by atoms with Crippen molar-refractivity contribution in [2.24, 2.45) is 11.8 Å². The molecule has 2 heteroatoms. The first-order valence-corrected chi connectivity index (χ1v) is 8.12. The summed E-state index contributed by atoms with van der Waals surface area (Å²) in [5.74, 6) is 0.768. The maximum absolute atomic E-state index is 11.7. The summed E-state index contributed by atoms with van der Waals surface area (Å²) in [4.78, 5) is 11.7. The molecular weight excluding hydrogens is 260 g/mol. The summed E-state index contributed by atoms with van der Waals surface area (Å²) < 4.78 is 5.32. The van der Waals surface area contributed by atoms with Gasteiger partial charge in [-0.3, -0.25) is 4.79 Å². The minimum absolute atomic E-state index is 0.0838. The number of hydrogen-bond acceptors (Lipinski definition) is 2. The highest BCUT2D eigenvalue weighted by atomic mass is 16.5. The Labute approximate surface area is 130 Å². The lowest BCUT2D eigenvalue weighted by molar-refractivity contribution is -0.144. The summed E-state index contributed by atoms with van der Waals surface area (Å²) in [6.45, 7) is 9.14. The number of esters is 1. The fourth-order valence-electron chi connectivity index (χ4n) is 2.46. The van der Waals surface area contributed by atoms with Crippen LogP contribution in [0.1, 0.15) is 59.8 Å². The van der Waals surface area contributed by atoms with Gasteiger partial charge in [-0.1, -0.05) is 49.3 Å². The maximum Gasteiger partial charge on any atom is 0.306 e. The predicted molar refractivity (Wildman–Crippen MR) is 89.0 cm³/mol. The average molecular weight is 290 g/mol. The molecule has 0 aromatic carbocycles. The third-order valence-corrected chi connectivity index (χ3v) is 3.80. The van der Waals surface area contributed by atoms with Crippen LogP contribution in [0.25, 0.3) is 0 Å². The fraction of sp³-hybridized carbons (Fsp3) is 0.632. The molecule has 0 N–H and O–H groups in total. The minimum Gasteiger partial charge on any atom is -0.465 e. The normalized spacial score (nSPS) is 30.8. The standard InChI is InChI=1S/C19H30O2/c1-15-7-5-8-16(2)13-17(3)9-6-10-18(4)14-21-19(20)12-11-15/h6-7,10,13,17-18H,5,8-9,11-12,14H2,1-4H3/b10-6+,15-7?,16-13+/t17-,18-/m0/s1. The molecule has 2 atom stereocenters. The van der Waals surface area contributed by atoms with E-state index in [-0.39, 0.29) is 11.9 Å². The molecule has 1 aliphatic heterocycles. The number of carbonyl (C=O) groups is 1. The lowest BCUT2D eigenvalue weighted by Gasteiger charge is -2.10. The molecule has 0 radical (unpaired) electrons. The molecular formula is C19H30O2. The van der Waals surface area contributed by atoms with Crippen LogP contribution in [0, 0.1) is 11.8 Å². The summed E-state index contributed by atoms with van der Waals surface area (Å²) in [5.41, 5.74) is 2.74. The Hall–Kier alpha value is -1.31. The topological polar surface area (TPSA) is 26.3 Å². The van der Waals surface area contributed by atoms with Gasteiger partial charge in [0.2, 0.25) is 0 Å². The highest BCUT2D eigenvalue weighted by Crippen LogP contribution is 2.15. The van der Waals surface area contributed by atoms with Gasteiger partial charge in [-0.15, -0.1) is 0 Å². The smallest absolute Gasteiger partial charge is 0.306 e. The van der Waals surface area contributed by atoms with Crippen LogP contribution in [-0.2, 0) is 9.53 Å². The van der Waals surface area contributed by atoms with E-state index in [0.717, 1.165) is 25.7 Å². The molecule has 0 aliphatic carbocycles. The van der Waals surface area contributed by atoms with Gasteiger partial charge in [0.05, 0.1) is 6.61 Å². The van der Waals surface area contributed by atoms with Gasteiger partial charge < -0.3 is 4.74 Å². The first-order valence-electron chi connectivity index (χ1n) is 8.12. The fourth-order valence-corrected chi connectivity index (χ4v) is 2.46. The van der Waals surface area contributed by atoms with Gasteiger partial charge in [0, 0.05) is 12.3 Å². The molecule has 0 bridgehead atoms. The van der Waals surface area contributed by atoms with Crippen molar-refractivity contribution >= 4 is 5.97 Å². The van der Waals surface area contributed by atoms with Gasteiger partial charge in [-0.05, 0) is 45.4 Å². The number of carbonyl (C=O) groups excluding carboxylic acids is 1. The van der Waals surface area contributed by atoms with Gasteiger partial charge >= 0.3 is 5.97 Å². The van der Waals surface area contributed by atoms with Crippen molar-refractivity contribution in [3.63, 3.8) is 0 Å². The molecule has 1 aliphatic rings. The van der Waals surface area contributed by atoms with Crippen LogP contribution in [0.15, 0.2) is 35.5 Å². The number of hydrogen-bond donors (Lipinski definition) is 0. The van der Waals surface area contributed by atoms with Crippen molar-refractivity contribution in [1.82, 2.24) is 0 Å². The van der Waals surface area contributed by atoms with Crippen molar-refractivity contribution < 1.29 is 9.53 Å². The van der Waals surface area contributed by atoms with E-state index in [9.17, 15) is 4.79 Å². The molecule has 2 nitrogen and oxygen atoms in total. The van der Waals surface area contributed by atoms with Gasteiger partial charge in [-0.2, -0.15) is 0 Å². The molecule has 0 amide bonds. The largest absolute Gasteiger partial charge is 0.465 e. The summed E-state index contributed by atoms with van der Waals surface area (Å²) in [6, 6.07) is 0. The molecule has 0 saturated carbocycles. The molecule has 0 unspecified atom stereocenters. The first-order chi connectivity index (χ1) is 9.97. The Kier molecular flexibility index (Phi) is 8.11. The van der Waals surface area contributed by atoms with E-state index >= 15 is 0 Å². The third kappa shape index (κ3) is 8.54. The SMILES string of the molecule is CC1=CCC/C(C)=C/[C@@H](C)C/C=C/[C@H](C)COC(=O)CC1. The van der Waals surface area contributed by atoms with Crippen LogP contribution in [0.2, 0.25) is 0 Å². The summed E-state index contributed by atoms with van der Waals surface area (Å²) in [6.07, 6.45) is 13.5. The number of ether oxygens (including phenoxy) is 1. The van der Waals surface area contributed by atoms with Crippen molar-refractivity contribution in [1.29, 1.82) is 0 Å². The van der Waals surface area contributed by atoms with E-state index in [1.807, 2.05) is 0 Å². The third-order valence-electron chi connectivity index (χ3n) is 3.80. The van der Waals surface area contributed by atoms with Crippen LogP contribution < -0.4 is 0 Å². The van der Waals surface area contributed by atoms with E-state index in [1.54, 1.807) is 0 Å². The molecule has 0 saturated heterocycles. The highest BCUT2D eigenvalue weighted by molar-refractivity contribution is 5.69. The molecule has 0 aromatic rings. The average Bonchev–Trinajstić information content (AvgIpc) is 2.41. The van der Waals surface area contributed by atoms with E-state index in [2.05, 4.69) is 52.0 Å². The Balaban J connectivity index is 2.69. The number of rotatable bonds is 0. The maximum atomic E-state index is 11.7. The van der Waals surface area contributed by atoms with E-state index in [4.69, 9.17) is 4.74 Å². The van der Waals surface area contributed by atoms with Crippen LogP contribution in [0.4, 0.5) is 0 Å². The zero-order valence-corrected chi connectivity index (χ0v) is 14.0. The van der Waals surface area contributed by atoms with Gasteiger partial charge in [-0.25, -0.2) is 0 Å². The summed E-state index contributed by atoms with van der Waals surface area (Å²) in [5, 5.41) is 0. The minimum atomic E-state index is -0.0838. The van der Waals surface area contributed by atoms with E-state index < -0.39 is 0 Å². The lowest BCUT2D eigenvalue weighted by Crippen LogP contribution is -2.10. The Morgan fingerprint density at radius 1 is 1.05 bits per heavy atom. The molecule has 1 rings (SSSR count). The summed E-state index contributed by atoms with van der Waals surface area (Å²) in [7, 11) is 0. The highest BCUT2D eigenvalue weighted by Gasteiger charge is 2.06. The van der Waals surface area contributed by atoms with Crippen LogP contribution in [0.5, 0.6) is 0 Å². The Morgan fingerprint density at radius 2 is 1.81 bits per heavy atom. The van der Waals surface area contributed by atoms with Crippen molar-refractivity contribution in [3.8, 4) is 0 Å². The van der Waals surface area contributed by atoms with Crippen LogP contribution in [0.3, 0.4) is 0 Å². The molecule has 21 heavy (non-hydrogen) atoms. The van der Waals surface area contributed by atoms with Crippen molar-refractivity contribution in [2.75, 3.05) is 6.61 Å². The van der Waals surface area contributed by atoms with Crippen LogP contribution in [-0.4, -0.2) is 12.6 Å². The van der Waals surface area contributed by atoms with Crippen molar-refractivity contribution in [2.45, 2.75) is 59.8 Å². The van der Waals surface area contributed by atoms with Gasteiger partial charge in [0.1, 0.15) is 0 Å². The first kappa shape index (κ1) is 17.7. The monoisotopic (exact) mass is 290 g/mol. The zero-order chi connectivity index (χ0) is 15.7. The van der Waals surface area contributed by atoms with Gasteiger partial charge in [0.25, 0.3) is 0 Å². The predicted octanol–water partition coefficient (Wildman–Crippen LogP) is 5.21. The van der Waals surface area contributed by atoms with E-state index in [0.29, 0.717) is 18.9 Å². The van der Waals surface area contributed by atoms with E-state index in [1.165, 1.54) is 11.1 Å². The molecule has 0 fully saturated rings. The Morgan fingerprint density at radius 3 is 2.57 bits per heavy atom. The lowest BCUT2D eigenvalue weighted by atomic mass is 10.00. The molecule has 1 heterocycles. The number of allylic oxidation sites excluding steroid dienone is 5. The number of cyclic esters (lactones) is 1. The Bertz CT molecular complexity index is 415. The second-order valence-corrected chi connectivity index (χ2v) is 6.40. The second-order valence-electron chi connectivity index (χ2n) is 6.40.